The highest BCUT2D eigenvalue weighted by Gasteiger charge is 2.40. The molecular weight excluding hydrogens is 338 g/mol. The largest absolute Gasteiger partial charge is 0.378 e. The van der Waals surface area contributed by atoms with Crippen LogP contribution in [-0.4, -0.2) is 32.0 Å². The lowest BCUT2D eigenvalue weighted by Crippen LogP contribution is -2.35. The topological polar surface area (TPSA) is 52.7 Å². The van der Waals surface area contributed by atoms with Crippen molar-refractivity contribution in [3.8, 4) is 0 Å². The SMILES string of the molecule is Cc1c(Cl)cccc1N1C(=O)CC(Nc2ccc(N(C)C)cc2)C1=O. The molecule has 1 aliphatic rings. The van der Waals surface area contributed by atoms with Crippen LogP contribution in [0.4, 0.5) is 17.1 Å². The first kappa shape index (κ1) is 17.3. The number of hydrogen-bond acceptors (Lipinski definition) is 4. The van der Waals surface area contributed by atoms with E-state index in [0.717, 1.165) is 16.9 Å². The number of carbonyl (C=O) groups excluding carboxylic acids is 2. The summed E-state index contributed by atoms with van der Waals surface area (Å²) in [4.78, 5) is 28.4. The molecule has 1 atom stereocenters. The average Bonchev–Trinajstić information content (AvgIpc) is 2.85. The summed E-state index contributed by atoms with van der Waals surface area (Å²) in [6.45, 7) is 1.80. The van der Waals surface area contributed by atoms with E-state index in [1.165, 1.54) is 4.90 Å². The van der Waals surface area contributed by atoms with Crippen molar-refractivity contribution < 1.29 is 9.59 Å². The molecule has 130 valence electrons. The van der Waals surface area contributed by atoms with E-state index in [0.29, 0.717) is 10.7 Å². The molecule has 1 heterocycles. The fourth-order valence-corrected chi connectivity index (χ4v) is 3.06. The molecule has 2 amide bonds. The van der Waals surface area contributed by atoms with Gasteiger partial charge in [-0.2, -0.15) is 0 Å². The van der Waals surface area contributed by atoms with Crippen molar-refractivity contribution in [2.45, 2.75) is 19.4 Å². The molecule has 1 unspecified atom stereocenters. The molecule has 6 heteroatoms. The van der Waals surface area contributed by atoms with E-state index in [4.69, 9.17) is 11.6 Å². The summed E-state index contributed by atoms with van der Waals surface area (Å²) >= 11 is 6.13. The van der Waals surface area contributed by atoms with Crippen LogP contribution < -0.4 is 15.1 Å². The zero-order valence-corrected chi connectivity index (χ0v) is 15.2. The molecule has 1 fully saturated rings. The summed E-state index contributed by atoms with van der Waals surface area (Å²) in [5.74, 6) is -0.482. The van der Waals surface area contributed by atoms with E-state index in [1.807, 2.05) is 43.3 Å². The van der Waals surface area contributed by atoms with E-state index < -0.39 is 6.04 Å². The molecule has 0 saturated carbocycles. The van der Waals surface area contributed by atoms with E-state index in [-0.39, 0.29) is 18.2 Å². The van der Waals surface area contributed by atoms with Gasteiger partial charge in [-0.05, 0) is 48.9 Å². The van der Waals surface area contributed by atoms with Gasteiger partial charge >= 0.3 is 0 Å². The maximum atomic E-state index is 12.8. The zero-order valence-electron chi connectivity index (χ0n) is 14.4. The van der Waals surface area contributed by atoms with Gasteiger partial charge in [-0.3, -0.25) is 9.59 Å². The summed E-state index contributed by atoms with van der Waals surface area (Å²) in [7, 11) is 3.93. The van der Waals surface area contributed by atoms with E-state index in [9.17, 15) is 9.59 Å². The monoisotopic (exact) mass is 357 g/mol. The lowest BCUT2D eigenvalue weighted by molar-refractivity contribution is -0.121. The maximum absolute atomic E-state index is 12.8. The second kappa shape index (κ2) is 6.76. The smallest absolute Gasteiger partial charge is 0.256 e. The van der Waals surface area contributed by atoms with Crippen molar-refractivity contribution in [1.29, 1.82) is 0 Å². The first-order valence-corrected chi connectivity index (χ1v) is 8.42. The Kier molecular flexibility index (Phi) is 4.68. The van der Waals surface area contributed by atoms with Crippen LogP contribution in [0.15, 0.2) is 42.5 Å². The van der Waals surface area contributed by atoms with Gasteiger partial charge in [0.15, 0.2) is 0 Å². The highest BCUT2D eigenvalue weighted by Crippen LogP contribution is 2.31. The first-order valence-electron chi connectivity index (χ1n) is 8.04. The molecule has 0 bridgehead atoms. The number of amides is 2. The fraction of sp³-hybridized carbons (Fsp3) is 0.263. The number of nitrogens with zero attached hydrogens (tertiary/aromatic N) is 2. The Morgan fingerprint density at radius 1 is 1.12 bits per heavy atom. The van der Waals surface area contributed by atoms with Crippen molar-refractivity contribution in [1.82, 2.24) is 0 Å². The number of anilines is 3. The van der Waals surface area contributed by atoms with Gasteiger partial charge in [-0.25, -0.2) is 4.90 Å². The Labute approximate surface area is 152 Å². The van der Waals surface area contributed by atoms with Gasteiger partial charge in [0, 0.05) is 30.5 Å². The Balaban J connectivity index is 1.80. The quantitative estimate of drug-likeness (QED) is 0.851. The minimum Gasteiger partial charge on any atom is -0.378 e. The van der Waals surface area contributed by atoms with Crippen molar-refractivity contribution in [2.75, 3.05) is 29.2 Å². The van der Waals surface area contributed by atoms with Gasteiger partial charge in [0.1, 0.15) is 6.04 Å². The molecule has 1 N–H and O–H groups in total. The molecule has 0 radical (unpaired) electrons. The zero-order chi connectivity index (χ0) is 18.1. The van der Waals surface area contributed by atoms with E-state index in [2.05, 4.69) is 5.32 Å². The molecule has 0 spiro atoms. The summed E-state index contributed by atoms with van der Waals surface area (Å²) in [6, 6.07) is 12.4. The van der Waals surface area contributed by atoms with Gasteiger partial charge in [-0.15, -0.1) is 0 Å². The Hall–Kier alpha value is -2.53. The van der Waals surface area contributed by atoms with E-state index in [1.54, 1.807) is 25.1 Å². The molecule has 25 heavy (non-hydrogen) atoms. The maximum Gasteiger partial charge on any atom is 0.256 e. The van der Waals surface area contributed by atoms with Crippen molar-refractivity contribution in [2.24, 2.45) is 0 Å². The van der Waals surface area contributed by atoms with Crippen LogP contribution in [0.5, 0.6) is 0 Å². The number of halogens is 1. The molecule has 1 aliphatic heterocycles. The van der Waals surface area contributed by atoms with Crippen LogP contribution in [0.1, 0.15) is 12.0 Å². The van der Waals surface area contributed by atoms with Crippen molar-refractivity contribution in [3.05, 3.63) is 53.1 Å². The van der Waals surface area contributed by atoms with Crippen LogP contribution in [-0.2, 0) is 9.59 Å². The number of hydrogen-bond donors (Lipinski definition) is 1. The van der Waals surface area contributed by atoms with Gasteiger partial charge in [0.2, 0.25) is 5.91 Å². The van der Waals surface area contributed by atoms with Gasteiger partial charge in [-0.1, -0.05) is 17.7 Å². The van der Waals surface area contributed by atoms with Gasteiger partial charge < -0.3 is 10.2 Å². The first-order chi connectivity index (χ1) is 11.9. The summed E-state index contributed by atoms with van der Waals surface area (Å²) in [6.07, 6.45) is 0.125. The Bertz CT molecular complexity index is 818. The molecule has 5 nitrogen and oxygen atoms in total. The molecule has 0 aliphatic carbocycles. The lowest BCUT2D eigenvalue weighted by Gasteiger charge is -2.19. The predicted molar refractivity (Wildman–Crippen MR) is 101 cm³/mol. The summed E-state index contributed by atoms with van der Waals surface area (Å²) in [5, 5.41) is 3.69. The molecule has 2 aromatic rings. The minimum absolute atomic E-state index is 0.125. The Morgan fingerprint density at radius 2 is 1.80 bits per heavy atom. The lowest BCUT2D eigenvalue weighted by atomic mass is 10.2. The molecule has 3 rings (SSSR count). The van der Waals surface area contributed by atoms with E-state index >= 15 is 0 Å². The third-order valence-corrected chi connectivity index (χ3v) is 4.76. The van der Waals surface area contributed by atoms with Gasteiger partial charge in [0.05, 0.1) is 12.1 Å². The number of nitrogens with one attached hydrogen (secondary N) is 1. The fourth-order valence-electron chi connectivity index (χ4n) is 2.89. The van der Waals surface area contributed by atoms with Gasteiger partial charge in [0.25, 0.3) is 5.91 Å². The highest BCUT2D eigenvalue weighted by molar-refractivity contribution is 6.32. The molecule has 0 aromatic heterocycles. The van der Waals surface area contributed by atoms with Crippen LogP contribution in [0, 0.1) is 6.92 Å². The average molecular weight is 358 g/mol. The normalized spacial score (nSPS) is 17.1. The van der Waals surface area contributed by atoms with Crippen LogP contribution >= 0.6 is 11.6 Å². The molecule has 2 aromatic carbocycles. The number of carbonyl (C=O) groups is 2. The number of benzene rings is 2. The Morgan fingerprint density at radius 3 is 2.44 bits per heavy atom. The third-order valence-electron chi connectivity index (χ3n) is 4.35. The second-order valence-corrected chi connectivity index (χ2v) is 6.70. The molecule has 1 saturated heterocycles. The van der Waals surface area contributed by atoms with Crippen LogP contribution in [0.2, 0.25) is 5.02 Å². The predicted octanol–water partition coefficient (Wildman–Crippen LogP) is 3.46. The standard InChI is InChI=1S/C19H20ClN3O2/c1-12-15(20)5-4-6-17(12)23-18(24)11-16(19(23)25)21-13-7-9-14(10-8-13)22(2)3/h4-10,16,21H,11H2,1-3H3. The van der Waals surface area contributed by atoms with Crippen molar-refractivity contribution in [3.63, 3.8) is 0 Å². The summed E-state index contributed by atoms with van der Waals surface area (Å²) < 4.78 is 0. The number of imide groups is 1. The second-order valence-electron chi connectivity index (χ2n) is 6.29. The molecular formula is C19H20ClN3O2. The van der Waals surface area contributed by atoms with Crippen LogP contribution in [0.25, 0.3) is 0 Å². The summed E-state index contributed by atoms with van der Waals surface area (Å²) in [5.41, 5.74) is 3.15. The third kappa shape index (κ3) is 3.33. The van der Waals surface area contributed by atoms with Crippen molar-refractivity contribution >= 4 is 40.5 Å². The number of rotatable bonds is 4. The van der Waals surface area contributed by atoms with Crippen LogP contribution in [0.3, 0.4) is 0 Å². The minimum atomic E-state index is -0.573. The highest BCUT2D eigenvalue weighted by atomic mass is 35.5.